The first-order valence-electron chi connectivity index (χ1n) is 8.17. The molecule has 114 valence electrons. The van der Waals surface area contributed by atoms with Gasteiger partial charge in [0.15, 0.2) is 0 Å². The Morgan fingerprint density at radius 1 is 1.30 bits per heavy atom. The molecule has 1 atom stereocenters. The molecule has 0 saturated heterocycles. The number of hydrogen-bond acceptors (Lipinski definition) is 3. The predicted octanol–water partition coefficient (Wildman–Crippen LogP) is 4.36. The van der Waals surface area contributed by atoms with Crippen LogP contribution in [0.15, 0.2) is 12.1 Å². The van der Waals surface area contributed by atoms with E-state index in [9.17, 15) is 0 Å². The minimum atomic E-state index is 0.494. The summed E-state index contributed by atoms with van der Waals surface area (Å²) in [6.45, 7) is 6.80. The van der Waals surface area contributed by atoms with Gasteiger partial charge >= 0.3 is 0 Å². The van der Waals surface area contributed by atoms with E-state index in [-0.39, 0.29) is 0 Å². The van der Waals surface area contributed by atoms with Crippen LogP contribution in [-0.4, -0.2) is 31.1 Å². The molecule has 0 radical (unpaired) electrons. The fourth-order valence-corrected chi connectivity index (χ4v) is 4.04. The fraction of sp³-hybridized carbons (Fsp3) is 0.765. The third-order valence-electron chi connectivity index (χ3n) is 4.52. The molecule has 1 aromatic heterocycles. The monoisotopic (exact) mass is 294 g/mol. The summed E-state index contributed by atoms with van der Waals surface area (Å²) in [5.41, 5.74) is 0. The van der Waals surface area contributed by atoms with Crippen LogP contribution < -0.4 is 5.32 Å². The molecule has 1 aliphatic rings. The quantitative estimate of drug-likeness (QED) is 0.752. The molecule has 1 N–H and O–H groups in total. The van der Waals surface area contributed by atoms with Gasteiger partial charge in [-0.2, -0.15) is 0 Å². The highest BCUT2D eigenvalue weighted by Gasteiger charge is 2.17. The van der Waals surface area contributed by atoms with Gasteiger partial charge in [-0.15, -0.1) is 11.3 Å². The van der Waals surface area contributed by atoms with Gasteiger partial charge in [-0.1, -0.05) is 19.3 Å². The van der Waals surface area contributed by atoms with Crippen molar-refractivity contribution < 1.29 is 0 Å². The molecule has 3 heteroatoms. The van der Waals surface area contributed by atoms with Crippen LogP contribution in [0.2, 0.25) is 0 Å². The molecular formula is C17H30N2S. The molecule has 1 unspecified atom stereocenters. The topological polar surface area (TPSA) is 15.3 Å². The van der Waals surface area contributed by atoms with E-state index in [0.29, 0.717) is 6.04 Å². The maximum absolute atomic E-state index is 3.65. The Hall–Kier alpha value is -0.380. The molecule has 0 aromatic carbocycles. The molecule has 1 heterocycles. The van der Waals surface area contributed by atoms with Crippen molar-refractivity contribution in [2.75, 3.05) is 20.1 Å². The van der Waals surface area contributed by atoms with E-state index in [0.717, 1.165) is 12.6 Å². The molecule has 1 aromatic rings. The Labute approximate surface area is 128 Å². The Morgan fingerprint density at radius 2 is 2.05 bits per heavy atom. The lowest BCUT2D eigenvalue weighted by molar-refractivity contribution is 0.189. The van der Waals surface area contributed by atoms with Gasteiger partial charge in [0.25, 0.3) is 0 Å². The lowest BCUT2D eigenvalue weighted by Gasteiger charge is -2.31. The second-order valence-electron chi connectivity index (χ2n) is 6.25. The third kappa shape index (κ3) is 4.87. The Morgan fingerprint density at radius 3 is 2.70 bits per heavy atom. The molecule has 0 spiro atoms. The smallest absolute Gasteiger partial charge is 0.0386 e. The van der Waals surface area contributed by atoms with Crippen molar-refractivity contribution in [1.82, 2.24) is 10.2 Å². The predicted molar refractivity (Wildman–Crippen MR) is 89.6 cm³/mol. The zero-order chi connectivity index (χ0) is 14.4. The number of rotatable bonds is 7. The summed E-state index contributed by atoms with van der Waals surface area (Å²) in [5.74, 6) is 0. The van der Waals surface area contributed by atoms with Crippen molar-refractivity contribution in [3.05, 3.63) is 21.9 Å². The first kappa shape index (κ1) is 16.0. The van der Waals surface area contributed by atoms with E-state index < -0.39 is 0 Å². The second kappa shape index (κ2) is 8.16. The second-order valence-corrected chi connectivity index (χ2v) is 7.57. The van der Waals surface area contributed by atoms with Crippen molar-refractivity contribution in [2.45, 2.75) is 64.5 Å². The van der Waals surface area contributed by atoms with E-state index >= 15 is 0 Å². The summed E-state index contributed by atoms with van der Waals surface area (Å²) < 4.78 is 0. The van der Waals surface area contributed by atoms with E-state index in [2.05, 4.69) is 43.2 Å². The average molecular weight is 295 g/mol. The summed E-state index contributed by atoms with van der Waals surface area (Å²) in [6.07, 6.45) is 8.39. The maximum atomic E-state index is 3.65. The number of nitrogens with one attached hydrogen (secondary N) is 1. The molecule has 0 aliphatic heterocycles. The summed E-state index contributed by atoms with van der Waals surface area (Å²) >= 11 is 1.91. The molecular weight excluding hydrogens is 264 g/mol. The van der Waals surface area contributed by atoms with Crippen LogP contribution in [0.25, 0.3) is 0 Å². The zero-order valence-corrected chi connectivity index (χ0v) is 14.1. The number of nitrogens with zero attached hydrogens (tertiary/aromatic N) is 1. The fourth-order valence-electron chi connectivity index (χ4n) is 3.14. The van der Waals surface area contributed by atoms with Gasteiger partial charge in [-0.05, 0) is 65.4 Å². The number of aryl methyl sites for hydroxylation is 1. The van der Waals surface area contributed by atoms with Crippen molar-refractivity contribution in [3.63, 3.8) is 0 Å². The SMILES string of the molecule is Cc1ccc(C(C)NCCCN(C)C2CCCCC2)s1. The normalized spacial score (nSPS) is 18.6. The van der Waals surface area contributed by atoms with Crippen LogP contribution in [0, 0.1) is 6.92 Å². The van der Waals surface area contributed by atoms with Gasteiger partial charge in [0.1, 0.15) is 0 Å². The first-order valence-corrected chi connectivity index (χ1v) is 8.98. The van der Waals surface area contributed by atoms with Gasteiger partial charge in [0.2, 0.25) is 0 Å². The van der Waals surface area contributed by atoms with Gasteiger partial charge in [-0.3, -0.25) is 0 Å². The molecule has 1 fully saturated rings. The summed E-state index contributed by atoms with van der Waals surface area (Å²) in [5, 5.41) is 3.65. The Bertz CT molecular complexity index is 382. The average Bonchev–Trinajstić information content (AvgIpc) is 2.91. The van der Waals surface area contributed by atoms with E-state index in [1.807, 2.05) is 11.3 Å². The molecule has 0 amide bonds. The van der Waals surface area contributed by atoms with Crippen LogP contribution in [0.1, 0.15) is 61.2 Å². The van der Waals surface area contributed by atoms with Crippen LogP contribution in [0.4, 0.5) is 0 Å². The van der Waals surface area contributed by atoms with Crippen molar-refractivity contribution in [1.29, 1.82) is 0 Å². The van der Waals surface area contributed by atoms with Crippen LogP contribution >= 0.6 is 11.3 Å². The largest absolute Gasteiger partial charge is 0.309 e. The highest BCUT2D eigenvalue weighted by atomic mass is 32.1. The Kier molecular flexibility index (Phi) is 6.53. The van der Waals surface area contributed by atoms with Crippen molar-refractivity contribution in [3.8, 4) is 0 Å². The summed E-state index contributed by atoms with van der Waals surface area (Å²) in [7, 11) is 2.31. The van der Waals surface area contributed by atoms with Gasteiger partial charge in [0, 0.05) is 21.8 Å². The number of hydrogen-bond donors (Lipinski definition) is 1. The van der Waals surface area contributed by atoms with Crippen LogP contribution in [-0.2, 0) is 0 Å². The molecule has 1 saturated carbocycles. The molecule has 0 bridgehead atoms. The lowest BCUT2D eigenvalue weighted by Crippen LogP contribution is -2.35. The molecule has 1 aliphatic carbocycles. The van der Waals surface area contributed by atoms with Crippen LogP contribution in [0.5, 0.6) is 0 Å². The van der Waals surface area contributed by atoms with Crippen molar-refractivity contribution in [2.24, 2.45) is 0 Å². The standard InChI is InChI=1S/C17H30N2S/c1-14-10-11-17(20-14)15(2)18-12-7-13-19(3)16-8-5-4-6-9-16/h10-11,15-16,18H,4-9,12-13H2,1-3H3. The van der Waals surface area contributed by atoms with Gasteiger partial charge in [0.05, 0.1) is 0 Å². The summed E-state index contributed by atoms with van der Waals surface area (Å²) in [4.78, 5) is 5.45. The van der Waals surface area contributed by atoms with Gasteiger partial charge < -0.3 is 10.2 Å². The van der Waals surface area contributed by atoms with E-state index in [4.69, 9.17) is 0 Å². The molecule has 20 heavy (non-hydrogen) atoms. The number of thiophene rings is 1. The van der Waals surface area contributed by atoms with Crippen molar-refractivity contribution >= 4 is 11.3 Å². The highest BCUT2D eigenvalue weighted by Crippen LogP contribution is 2.23. The van der Waals surface area contributed by atoms with Gasteiger partial charge in [-0.25, -0.2) is 0 Å². The van der Waals surface area contributed by atoms with Crippen LogP contribution in [0.3, 0.4) is 0 Å². The first-order chi connectivity index (χ1) is 9.66. The van der Waals surface area contributed by atoms with E-state index in [1.54, 1.807) is 0 Å². The van der Waals surface area contributed by atoms with E-state index in [1.165, 1.54) is 54.8 Å². The molecule has 2 rings (SSSR count). The third-order valence-corrected chi connectivity index (χ3v) is 5.71. The highest BCUT2D eigenvalue weighted by molar-refractivity contribution is 7.12. The Balaban J connectivity index is 1.61. The molecule has 2 nitrogen and oxygen atoms in total. The summed E-state index contributed by atoms with van der Waals surface area (Å²) in [6, 6.07) is 5.82. The minimum absolute atomic E-state index is 0.494. The maximum Gasteiger partial charge on any atom is 0.0386 e. The zero-order valence-electron chi connectivity index (χ0n) is 13.3. The minimum Gasteiger partial charge on any atom is -0.309 e. The lowest BCUT2D eigenvalue weighted by atomic mass is 9.94.